The van der Waals surface area contributed by atoms with Crippen molar-refractivity contribution >= 4 is 22.5 Å². The molecule has 6 heteroatoms. The Labute approximate surface area is 184 Å². The highest BCUT2D eigenvalue weighted by atomic mass is 16.3. The van der Waals surface area contributed by atoms with Gasteiger partial charge in [0.25, 0.3) is 0 Å². The number of fused-ring (bicyclic) bond motifs is 1. The normalized spacial score (nSPS) is 19.9. The maximum atomic E-state index is 9.77. The van der Waals surface area contributed by atoms with Gasteiger partial charge in [0.1, 0.15) is 6.23 Å². The fraction of sp³-hybridized carbons (Fsp3) is 0.360. The van der Waals surface area contributed by atoms with E-state index in [-0.39, 0.29) is 0 Å². The standard InChI is InChI=1S/C25H31N5O/c1-4-24(31)27-21-7-5-6-17(14-21)18-8-9-19-16-26-25(29-23(19)15-18)28-20-10-12-22(13-11-20)30(2)3/h4-9,14-16,20,22,24,27,31H,1,10-13H2,2-3H3,(H,26,28,29). The summed E-state index contributed by atoms with van der Waals surface area (Å²) in [6.07, 6.45) is 7.25. The SMILES string of the molecule is C=CC(O)Nc1cccc(-c2ccc3cnc(NC4CCC(N(C)C)CC4)nc3c2)c1. The monoisotopic (exact) mass is 417 g/mol. The molecule has 1 atom stereocenters. The summed E-state index contributed by atoms with van der Waals surface area (Å²) in [6, 6.07) is 15.3. The van der Waals surface area contributed by atoms with Gasteiger partial charge in [0, 0.05) is 29.4 Å². The molecule has 3 N–H and O–H groups in total. The lowest BCUT2D eigenvalue weighted by Gasteiger charge is -2.32. The van der Waals surface area contributed by atoms with Crippen LogP contribution < -0.4 is 10.6 Å². The third-order valence-electron chi connectivity index (χ3n) is 6.08. The Morgan fingerprint density at radius 3 is 2.61 bits per heavy atom. The highest BCUT2D eigenvalue weighted by Crippen LogP contribution is 2.27. The number of aliphatic hydroxyl groups is 1. The molecule has 0 saturated heterocycles. The zero-order valence-corrected chi connectivity index (χ0v) is 18.3. The van der Waals surface area contributed by atoms with Crippen molar-refractivity contribution in [2.75, 3.05) is 24.7 Å². The molecular weight excluding hydrogens is 386 g/mol. The Balaban J connectivity index is 1.51. The molecule has 1 aliphatic rings. The van der Waals surface area contributed by atoms with Gasteiger partial charge in [-0.15, -0.1) is 0 Å². The molecule has 6 nitrogen and oxygen atoms in total. The number of rotatable bonds is 7. The van der Waals surface area contributed by atoms with Crippen LogP contribution in [0.3, 0.4) is 0 Å². The van der Waals surface area contributed by atoms with Gasteiger partial charge in [-0.25, -0.2) is 9.97 Å². The molecule has 3 aromatic rings. The van der Waals surface area contributed by atoms with Crippen LogP contribution in [0.4, 0.5) is 11.6 Å². The van der Waals surface area contributed by atoms with Gasteiger partial charge in [-0.2, -0.15) is 0 Å². The Morgan fingerprint density at radius 2 is 1.87 bits per heavy atom. The van der Waals surface area contributed by atoms with Gasteiger partial charge >= 0.3 is 0 Å². The van der Waals surface area contributed by atoms with Crippen LogP contribution in [0, 0.1) is 0 Å². The molecule has 0 bridgehead atoms. The van der Waals surface area contributed by atoms with E-state index in [1.807, 2.05) is 24.4 Å². The third-order valence-corrected chi connectivity index (χ3v) is 6.08. The van der Waals surface area contributed by atoms with E-state index in [1.165, 1.54) is 18.9 Å². The topological polar surface area (TPSA) is 73.3 Å². The zero-order valence-electron chi connectivity index (χ0n) is 18.3. The van der Waals surface area contributed by atoms with E-state index in [2.05, 4.69) is 65.5 Å². The first kappa shape index (κ1) is 21.3. The molecule has 0 spiro atoms. The van der Waals surface area contributed by atoms with Crippen LogP contribution in [-0.4, -0.2) is 52.4 Å². The van der Waals surface area contributed by atoms with Gasteiger partial charge in [-0.05, 0) is 75.2 Å². The van der Waals surface area contributed by atoms with E-state index in [0.717, 1.165) is 40.6 Å². The quantitative estimate of drug-likeness (QED) is 0.388. The highest BCUT2D eigenvalue weighted by molar-refractivity contribution is 5.85. The van der Waals surface area contributed by atoms with Crippen molar-refractivity contribution in [2.24, 2.45) is 0 Å². The maximum Gasteiger partial charge on any atom is 0.223 e. The molecule has 2 aromatic carbocycles. The van der Waals surface area contributed by atoms with Crippen molar-refractivity contribution in [1.82, 2.24) is 14.9 Å². The first-order valence-electron chi connectivity index (χ1n) is 10.9. The maximum absolute atomic E-state index is 9.77. The molecule has 1 heterocycles. The number of nitrogens with one attached hydrogen (secondary N) is 2. The Bertz CT molecular complexity index is 1040. The molecule has 1 aliphatic carbocycles. The average Bonchev–Trinajstić information content (AvgIpc) is 2.79. The Kier molecular flexibility index (Phi) is 6.49. The fourth-order valence-corrected chi connectivity index (χ4v) is 4.21. The van der Waals surface area contributed by atoms with Crippen LogP contribution in [-0.2, 0) is 0 Å². The molecule has 0 aliphatic heterocycles. The van der Waals surface area contributed by atoms with Gasteiger partial charge in [0.2, 0.25) is 5.95 Å². The molecule has 31 heavy (non-hydrogen) atoms. The third kappa shape index (κ3) is 5.21. The molecule has 1 aromatic heterocycles. The van der Waals surface area contributed by atoms with E-state index in [9.17, 15) is 5.11 Å². The van der Waals surface area contributed by atoms with Crippen molar-refractivity contribution in [3.05, 3.63) is 61.3 Å². The average molecular weight is 418 g/mol. The molecule has 0 radical (unpaired) electrons. The minimum atomic E-state index is -0.777. The van der Waals surface area contributed by atoms with Gasteiger partial charge < -0.3 is 20.6 Å². The van der Waals surface area contributed by atoms with E-state index in [1.54, 1.807) is 0 Å². The van der Waals surface area contributed by atoms with E-state index >= 15 is 0 Å². The van der Waals surface area contributed by atoms with Crippen molar-refractivity contribution in [3.63, 3.8) is 0 Å². The lowest BCUT2D eigenvalue weighted by atomic mass is 9.91. The Hall–Kier alpha value is -2.96. The number of aliphatic hydroxyl groups excluding tert-OH is 1. The van der Waals surface area contributed by atoms with Crippen LogP contribution >= 0.6 is 0 Å². The first-order chi connectivity index (χ1) is 15.0. The molecular formula is C25H31N5O. The van der Waals surface area contributed by atoms with Crippen molar-refractivity contribution in [2.45, 2.75) is 44.0 Å². The van der Waals surface area contributed by atoms with E-state index in [4.69, 9.17) is 4.98 Å². The lowest BCUT2D eigenvalue weighted by Crippen LogP contribution is -2.36. The number of hydrogen-bond donors (Lipinski definition) is 3. The highest BCUT2D eigenvalue weighted by Gasteiger charge is 2.22. The molecule has 1 fully saturated rings. The Morgan fingerprint density at radius 1 is 1.10 bits per heavy atom. The summed E-state index contributed by atoms with van der Waals surface area (Å²) in [6.45, 7) is 3.60. The van der Waals surface area contributed by atoms with Crippen LogP contribution in [0.2, 0.25) is 0 Å². The molecule has 0 amide bonds. The van der Waals surface area contributed by atoms with Gasteiger partial charge in [-0.3, -0.25) is 0 Å². The molecule has 162 valence electrons. The second kappa shape index (κ2) is 9.45. The smallest absolute Gasteiger partial charge is 0.223 e. The second-order valence-corrected chi connectivity index (χ2v) is 8.49. The summed E-state index contributed by atoms with van der Waals surface area (Å²) in [7, 11) is 4.33. The summed E-state index contributed by atoms with van der Waals surface area (Å²) >= 11 is 0. The summed E-state index contributed by atoms with van der Waals surface area (Å²) in [5, 5.41) is 17.3. The van der Waals surface area contributed by atoms with E-state index in [0.29, 0.717) is 18.0 Å². The predicted octanol–water partition coefficient (Wildman–Crippen LogP) is 4.50. The van der Waals surface area contributed by atoms with E-state index < -0.39 is 6.23 Å². The predicted molar refractivity (Wildman–Crippen MR) is 128 cm³/mol. The van der Waals surface area contributed by atoms with Crippen molar-refractivity contribution in [1.29, 1.82) is 0 Å². The van der Waals surface area contributed by atoms with Crippen LogP contribution in [0.1, 0.15) is 25.7 Å². The van der Waals surface area contributed by atoms with Gasteiger partial charge in [0.15, 0.2) is 0 Å². The minimum absolute atomic E-state index is 0.427. The summed E-state index contributed by atoms with van der Waals surface area (Å²) in [4.78, 5) is 11.7. The summed E-state index contributed by atoms with van der Waals surface area (Å²) in [5.41, 5.74) is 3.88. The number of nitrogens with zero attached hydrogens (tertiary/aromatic N) is 3. The number of anilines is 2. The largest absolute Gasteiger partial charge is 0.370 e. The lowest BCUT2D eigenvalue weighted by molar-refractivity contribution is 0.221. The van der Waals surface area contributed by atoms with Gasteiger partial charge in [0.05, 0.1) is 5.52 Å². The van der Waals surface area contributed by atoms with Crippen LogP contribution in [0.15, 0.2) is 61.3 Å². The summed E-state index contributed by atoms with van der Waals surface area (Å²) < 4.78 is 0. The molecule has 1 saturated carbocycles. The zero-order chi connectivity index (χ0) is 21.8. The fourth-order valence-electron chi connectivity index (χ4n) is 4.21. The van der Waals surface area contributed by atoms with Crippen LogP contribution in [0.5, 0.6) is 0 Å². The number of aromatic nitrogens is 2. The summed E-state index contributed by atoms with van der Waals surface area (Å²) in [5.74, 6) is 0.697. The van der Waals surface area contributed by atoms with Crippen molar-refractivity contribution < 1.29 is 5.11 Å². The van der Waals surface area contributed by atoms with Crippen LogP contribution in [0.25, 0.3) is 22.0 Å². The van der Waals surface area contributed by atoms with Gasteiger partial charge in [-0.1, -0.05) is 30.8 Å². The van der Waals surface area contributed by atoms with Crippen molar-refractivity contribution in [3.8, 4) is 11.1 Å². The number of hydrogen-bond acceptors (Lipinski definition) is 6. The molecule has 1 unspecified atom stereocenters. The number of benzene rings is 2. The second-order valence-electron chi connectivity index (χ2n) is 8.49. The molecule has 4 rings (SSSR count). The first-order valence-corrected chi connectivity index (χ1v) is 10.9. The minimum Gasteiger partial charge on any atom is -0.370 e.